The molecule has 0 bridgehead atoms. The zero-order valence-electron chi connectivity index (χ0n) is 17.6. The molecule has 1 aliphatic heterocycles. The molecule has 1 heterocycles. The summed E-state index contributed by atoms with van der Waals surface area (Å²) in [6.07, 6.45) is 0. The van der Waals surface area contributed by atoms with Gasteiger partial charge in [0.1, 0.15) is 5.75 Å². The molecule has 3 aromatic rings. The maximum atomic E-state index is 12.5. The highest BCUT2D eigenvalue weighted by Gasteiger charge is 2.17. The number of nitrogens with one attached hydrogen (secondary N) is 1. The molecule has 5 nitrogen and oxygen atoms in total. The van der Waals surface area contributed by atoms with Crippen LogP contribution in [0.2, 0.25) is 10.0 Å². The van der Waals surface area contributed by atoms with Crippen LogP contribution in [-0.4, -0.2) is 47.0 Å². The van der Waals surface area contributed by atoms with Crippen molar-refractivity contribution in [3.05, 3.63) is 93.5 Å². The monoisotopic (exact) mass is 469 g/mol. The number of aromatic hydroxyl groups is 1. The van der Waals surface area contributed by atoms with Gasteiger partial charge in [0.15, 0.2) is 0 Å². The van der Waals surface area contributed by atoms with Gasteiger partial charge in [-0.2, -0.15) is 0 Å². The SMILES string of the molecule is O=C(Nc1cccc(CN2CCN(Cc3cccc(O)c3)CC2)c1)c1ccc(Cl)c(Cl)c1. The van der Waals surface area contributed by atoms with Crippen LogP contribution in [0.4, 0.5) is 5.69 Å². The molecule has 0 radical (unpaired) electrons. The van der Waals surface area contributed by atoms with Gasteiger partial charge < -0.3 is 10.4 Å². The maximum Gasteiger partial charge on any atom is 0.255 e. The number of hydrogen-bond acceptors (Lipinski definition) is 4. The van der Waals surface area contributed by atoms with Crippen molar-refractivity contribution >= 4 is 34.8 Å². The minimum Gasteiger partial charge on any atom is -0.508 e. The van der Waals surface area contributed by atoms with Gasteiger partial charge in [0, 0.05) is 50.5 Å². The van der Waals surface area contributed by atoms with E-state index in [4.69, 9.17) is 23.2 Å². The Morgan fingerprint density at radius 2 is 1.44 bits per heavy atom. The number of phenols is 1. The highest BCUT2D eigenvalue weighted by Crippen LogP contribution is 2.23. The summed E-state index contributed by atoms with van der Waals surface area (Å²) >= 11 is 12.0. The molecule has 0 aliphatic carbocycles. The summed E-state index contributed by atoms with van der Waals surface area (Å²) in [5.41, 5.74) is 3.50. The second kappa shape index (κ2) is 10.4. The van der Waals surface area contributed by atoms with Crippen molar-refractivity contribution in [2.24, 2.45) is 0 Å². The van der Waals surface area contributed by atoms with Gasteiger partial charge in [-0.1, -0.05) is 47.5 Å². The van der Waals surface area contributed by atoms with Crippen LogP contribution in [0.1, 0.15) is 21.5 Å². The first kappa shape index (κ1) is 22.6. The standard InChI is InChI=1S/C25H25Cl2N3O2/c26-23-8-7-20(15-24(23)27)25(32)28-21-5-1-3-18(13-21)16-29-9-11-30(12-10-29)17-19-4-2-6-22(31)14-19/h1-8,13-15,31H,9-12,16-17H2,(H,28,32). The number of piperazine rings is 1. The van der Waals surface area contributed by atoms with Gasteiger partial charge in [0.25, 0.3) is 5.91 Å². The maximum absolute atomic E-state index is 12.5. The lowest BCUT2D eigenvalue weighted by molar-refractivity contribution is 0.102. The molecule has 166 valence electrons. The molecule has 0 aromatic heterocycles. The van der Waals surface area contributed by atoms with Gasteiger partial charge in [-0.3, -0.25) is 14.6 Å². The van der Waals surface area contributed by atoms with Crippen molar-refractivity contribution in [1.29, 1.82) is 0 Å². The van der Waals surface area contributed by atoms with E-state index in [-0.39, 0.29) is 5.91 Å². The fraction of sp³-hybridized carbons (Fsp3) is 0.240. The van der Waals surface area contributed by atoms with E-state index in [1.807, 2.05) is 36.4 Å². The third kappa shape index (κ3) is 6.02. The van der Waals surface area contributed by atoms with Crippen LogP contribution in [0.15, 0.2) is 66.7 Å². The number of carbonyl (C=O) groups excluding carboxylic acids is 1. The molecule has 0 atom stereocenters. The lowest BCUT2D eigenvalue weighted by Crippen LogP contribution is -2.45. The molecular formula is C25H25Cl2N3O2. The van der Waals surface area contributed by atoms with Gasteiger partial charge in [-0.15, -0.1) is 0 Å². The molecule has 4 rings (SSSR count). The number of carbonyl (C=O) groups is 1. The van der Waals surface area contributed by atoms with Crippen molar-refractivity contribution in [3.63, 3.8) is 0 Å². The quantitative estimate of drug-likeness (QED) is 0.516. The molecule has 2 N–H and O–H groups in total. The summed E-state index contributed by atoms with van der Waals surface area (Å²) in [4.78, 5) is 17.4. The number of halogens is 2. The molecule has 0 saturated carbocycles. The fourth-order valence-corrected chi connectivity index (χ4v) is 4.16. The molecule has 0 unspecified atom stereocenters. The Balaban J connectivity index is 1.30. The van der Waals surface area contributed by atoms with Gasteiger partial charge >= 0.3 is 0 Å². The Kier molecular flexibility index (Phi) is 7.33. The van der Waals surface area contributed by atoms with E-state index in [2.05, 4.69) is 21.2 Å². The second-order valence-electron chi connectivity index (χ2n) is 8.01. The highest BCUT2D eigenvalue weighted by molar-refractivity contribution is 6.42. The summed E-state index contributed by atoms with van der Waals surface area (Å²) in [5.74, 6) is 0.0912. The molecule has 3 aromatic carbocycles. The zero-order chi connectivity index (χ0) is 22.5. The fourth-order valence-electron chi connectivity index (χ4n) is 3.86. The lowest BCUT2D eigenvalue weighted by Gasteiger charge is -2.34. The first-order valence-corrected chi connectivity index (χ1v) is 11.3. The summed E-state index contributed by atoms with van der Waals surface area (Å²) in [7, 11) is 0. The first-order chi connectivity index (χ1) is 15.5. The molecule has 1 aliphatic rings. The average molecular weight is 470 g/mol. The number of phenolic OH excluding ortho intramolecular Hbond substituents is 1. The number of rotatable bonds is 6. The third-order valence-corrected chi connectivity index (χ3v) is 6.29. The normalized spacial score (nSPS) is 14.9. The lowest BCUT2D eigenvalue weighted by atomic mass is 10.1. The van der Waals surface area contributed by atoms with Crippen LogP contribution < -0.4 is 5.32 Å². The topological polar surface area (TPSA) is 55.8 Å². The molecule has 1 amide bonds. The zero-order valence-corrected chi connectivity index (χ0v) is 19.1. The van der Waals surface area contributed by atoms with Gasteiger partial charge in [0.05, 0.1) is 10.0 Å². The largest absolute Gasteiger partial charge is 0.508 e. The Labute approximate surface area is 198 Å². The predicted molar refractivity (Wildman–Crippen MR) is 130 cm³/mol. The van der Waals surface area contributed by atoms with Crippen LogP contribution >= 0.6 is 23.2 Å². The minimum absolute atomic E-state index is 0.221. The summed E-state index contributed by atoms with van der Waals surface area (Å²) in [6, 6.07) is 20.2. The van der Waals surface area contributed by atoms with Crippen molar-refractivity contribution in [1.82, 2.24) is 9.80 Å². The molecule has 7 heteroatoms. The number of amides is 1. The van der Waals surface area contributed by atoms with E-state index in [1.54, 1.807) is 24.3 Å². The highest BCUT2D eigenvalue weighted by atomic mass is 35.5. The second-order valence-corrected chi connectivity index (χ2v) is 8.82. The first-order valence-electron chi connectivity index (χ1n) is 10.5. The number of nitrogens with zero attached hydrogens (tertiary/aromatic N) is 2. The van der Waals surface area contributed by atoms with E-state index in [0.717, 1.165) is 56.1 Å². The van der Waals surface area contributed by atoms with Crippen LogP contribution in [0.5, 0.6) is 5.75 Å². The number of benzene rings is 3. The Hall–Kier alpha value is -2.57. The van der Waals surface area contributed by atoms with Crippen molar-refractivity contribution in [2.45, 2.75) is 13.1 Å². The Morgan fingerprint density at radius 3 is 2.06 bits per heavy atom. The van der Waals surface area contributed by atoms with Gasteiger partial charge in [-0.05, 0) is 53.6 Å². The van der Waals surface area contributed by atoms with Crippen LogP contribution in [0, 0.1) is 0 Å². The van der Waals surface area contributed by atoms with Crippen molar-refractivity contribution in [3.8, 4) is 5.75 Å². The van der Waals surface area contributed by atoms with Crippen LogP contribution in [0.25, 0.3) is 0 Å². The van der Waals surface area contributed by atoms with Crippen LogP contribution in [0.3, 0.4) is 0 Å². The van der Waals surface area contributed by atoms with E-state index in [1.165, 1.54) is 0 Å². The van der Waals surface area contributed by atoms with Crippen molar-refractivity contribution < 1.29 is 9.90 Å². The summed E-state index contributed by atoms with van der Waals surface area (Å²) < 4.78 is 0. The summed E-state index contributed by atoms with van der Waals surface area (Å²) in [6.45, 7) is 5.57. The predicted octanol–water partition coefficient (Wildman–Crippen LogP) is 5.27. The molecule has 32 heavy (non-hydrogen) atoms. The molecular weight excluding hydrogens is 445 g/mol. The van der Waals surface area contributed by atoms with Gasteiger partial charge in [0.2, 0.25) is 0 Å². The summed E-state index contributed by atoms with van der Waals surface area (Å²) in [5, 5.41) is 13.4. The van der Waals surface area contributed by atoms with Crippen LogP contribution in [-0.2, 0) is 13.1 Å². The minimum atomic E-state index is -0.221. The average Bonchev–Trinajstić information content (AvgIpc) is 2.77. The number of hydrogen-bond donors (Lipinski definition) is 2. The Morgan fingerprint density at radius 1 is 0.812 bits per heavy atom. The molecule has 1 fully saturated rings. The van der Waals surface area contributed by atoms with Gasteiger partial charge in [-0.25, -0.2) is 0 Å². The number of anilines is 1. The molecule has 1 saturated heterocycles. The van der Waals surface area contributed by atoms with E-state index in [0.29, 0.717) is 21.4 Å². The van der Waals surface area contributed by atoms with E-state index < -0.39 is 0 Å². The Bertz CT molecular complexity index is 1100. The van der Waals surface area contributed by atoms with E-state index >= 15 is 0 Å². The third-order valence-electron chi connectivity index (χ3n) is 5.55. The smallest absolute Gasteiger partial charge is 0.255 e. The molecule has 0 spiro atoms. The van der Waals surface area contributed by atoms with E-state index in [9.17, 15) is 9.90 Å². The van der Waals surface area contributed by atoms with Crippen molar-refractivity contribution in [2.75, 3.05) is 31.5 Å².